The number of rotatable bonds is 8. The second-order valence-electron chi connectivity index (χ2n) is 7.60. The number of para-hydroxylation sites is 1. The molecule has 0 unspecified atom stereocenters. The molecule has 0 aliphatic rings. The van der Waals surface area contributed by atoms with Gasteiger partial charge in [-0.2, -0.15) is 0 Å². The van der Waals surface area contributed by atoms with Crippen molar-refractivity contribution >= 4 is 29.9 Å². The molecule has 9 heteroatoms. The average Bonchev–Trinajstić information content (AvgIpc) is 3.13. The fourth-order valence-electron chi connectivity index (χ4n) is 3.51. The van der Waals surface area contributed by atoms with Gasteiger partial charge >= 0.3 is 0 Å². The van der Waals surface area contributed by atoms with E-state index in [9.17, 15) is 14.9 Å². The molecule has 0 aliphatic carbocycles. The van der Waals surface area contributed by atoms with Gasteiger partial charge < -0.3 is 9.47 Å². The zero-order chi connectivity index (χ0) is 24.9. The largest absolute Gasteiger partial charge is 0.490 e. The molecule has 0 fully saturated rings. The molecule has 1 N–H and O–H groups in total. The first-order chi connectivity index (χ1) is 16.9. The number of ether oxygens (including phenoxy) is 2. The first kappa shape index (κ1) is 23.8. The summed E-state index contributed by atoms with van der Waals surface area (Å²) in [5, 5.41) is 15.0. The number of halogens is 1. The maximum Gasteiger partial charge on any atom is 0.279 e. The molecule has 3 aromatic carbocycles. The van der Waals surface area contributed by atoms with E-state index in [-0.39, 0.29) is 17.9 Å². The van der Waals surface area contributed by atoms with Crippen LogP contribution >= 0.6 is 11.6 Å². The lowest BCUT2D eigenvalue weighted by molar-refractivity contribution is -0.384. The standard InChI is InChI=1S/C26H22ClN3O5/c1-3-34-24-15-19(13-22-17(2)28-29(26(22)31)20-7-5-4-6-8-20)14-23(27)25(24)35-16-18-9-11-21(12-10-18)30(32)33/h4-15,28H,2-3,16H2,1H3/b22-13+. The number of hydrogen-bond donors (Lipinski definition) is 1. The molecule has 0 saturated carbocycles. The average molecular weight is 492 g/mol. The van der Waals surface area contributed by atoms with Gasteiger partial charge in [0, 0.05) is 12.1 Å². The van der Waals surface area contributed by atoms with E-state index in [4.69, 9.17) is 21.1 Å². The molecule has 0 bridgehead atoms. The predicted molar refractivity (Wildman–Crippen MR) is 135 cm³/mol. The van der Waals surface area contributed by atoms with Crippen LogP contribution in [0.2, 0.25) is 5.02 Å². The Labute approximate surface area is 205 Å². The Morgan fingerprint density at radius 3 is 2.49 bits per heavy atom. The van der Waals surface area contributed by atoms with Gasteiger partial charge in [0.25, 0.3) is 11.2 Å². The molecule has 4 aromatic rings. The van der Waals surface area contributed by atoms with Crippen molar-refractivity contribution in [2.45, 2.75) is 13.5 Å². The third kappa shape index (κ3) is 5.28. The highest BCUT2D eigenvalue weighted by molar-refractivity contribution is 6.32. The number of H-pyrrole nitrogens is 1. The lowest BCUT2D eigenvalue weighted by atomic mass is 10.1. The van der Waals surface area contributed by atoms with Gasteiger partial charge in [-0.25, -0.2) is 4.68 Å². The molecule has 0 amide bonds. The van der Waals surface area contributed by atoms with Crippen LogP contribution < -0.4 is 25.6 Å². The Balaban J connectivity index is 1.66. The van der Waals surface area contributed by atoms with Gasteiger partial charge in [0.2, 0.25) is 0 Å². The number of nitrogens with zero attached hydrogens (tertiary/aromatic N) is 2. The van der Waals surface area contributed by atoms with Crippen LogP contribution in [0, 0.1) is 10.1 Å². The van der Waals surface area contributed by atoms with Crippen LogP contribution in [0.3, 0.4) is 0 Å². The molecular weight excluding hydrogens is 470 g/mol. The molecule has 4 rings (SSSR count). The maximum atomic E-state index is 13.0. The van der Waals surface area contributed by atoms with Gasteiger partial charge in [-0.3, -0.25) is 20.0 Å². The third-order valence-corrected chi connectivity index (χ3v) is 5.47. The molecular formula is C26H22ClN3O5. The van der Waals surface area contributed by atoms with Crippen LogP contribution in [0.5, 0.6) is 11.5 Å². The van der Waals surface area contributed by atoms with Crippen molar-refractivity contribution in [1.29, 1.82) is 0 Å². The topological polar surface area (TPSA) is 99.4 Å². The number of nitro groups is 1. The highest BCUT2D eigenvalue weighted by Crippen LogP contribution is 2.37. The van der Waals surface area contributed by atoms with Crippen molar-refractivity contribution in [3.05, 3.63) is 114 Å². The van der Waals surface area contributed by atoms with E-state index in [1.165, 1.54) is 16.8 Å². The minimum Gasteiger partial charge on any atom is -0.490 e. The number of non-ortho nitro benzene ring substituents is 1. The van der Waals surface area contributed by atoms with Crippen molar-refractivity contribution in [1.82, 2.24) is 9.78 Å². The molecule has 1 aromatic heterocycles. The number of benzene rings is 3. The summed E-state index contributed by atoms with van der Waals surface area (Å²) in [6.07, 6.45) is 1.69. The summed E-state index contributed by atoms with van der Waals surface area (Å²) in [5.74, 6) is 0.757. The highest BCUT2D eigenvalue weighted by Gasteiger charge is 2.14. The van der Waals surface area contributed by atoms with Crippen LogP contribution in [0.1, 0.15) is 18.1 Å². The summed E-state index contributed by atoms with van der Waals surface area (Å²) in [5.41, 5.74) is 1.84. The van der Waals surface area contributed by atoms with Gasteiger partial charge in [0.15, 0.2) is 11.5 Å². The normalized spacial score (nSPS) is 11.4. The summed E-state index contributed by atoms with van der Waals surface area (Å²) in [4.78, 5) is 23.4. The minimum atomic E-state index is -0.458. The first-order valence-electron chi connectivity index (χ1n) is 10.8. The van der Waals surface area contributed by atoms with Gasteiger partial charge in [-0.15, -0.1) is 0 Å². The first-order valence-corrected chi connectivity index (χ1v) is 11.1. The van der Waals surface area contributed by atoms with E-state index >= 15 is 0 Å². The number of hydrogen-bond acceptors (Lipinski definition) is 5. The quantitative estimate of drug-likeness (QED) is 0.297. The number of nitrogens with one attached hydrogen (secondary N) is 1. The molecule has 1 heterocycles. The van der Waals surface area contributed by atoms with Gasteiger partial charge in [-0.05, 0) is 60.5 Å². The SMILES string of the molecule is C=c1[nH]n(-c2ccccc2)c(=O)/c1=C/c1cc(Cl)c(OCc2ccc([N+](=O)[O-])cc2)c(OCC)c1. The lowest BCUT2D eigenvalue weighted by Crippen LogP contribution is -2.33. The Bertz CT molecular complexity index is 1530. The van der Waals surface area contributed by atoms with E-state index in [1.807, 2.05) is 37.3 Å². The van der Waals surface area contributed by atoms with Gasteiger partial charge in [0.1, 0.15) is 6.61 Å². The van der Waals surface area contributed by atoms with E-state index in [0.29, 0.717) is 44.9 Å². The summed E-state index contributed by atoms with van der Waals surface area (Å²) in [6.45, 7) is 6.32. The van der Waals surface area contributed by atoms with Gasteiger partial charge in [0.05, 0.1) is 32.8 Å². The molecule has 0 aliphatic heterocycles. The Morgan fingerprint density at radius 1 is 1.11 bits per heavy atom. The smallest absolute Gasteiger partial charge is 0.279 e. The monoisotopic (exact) mass is 491 g/mol. The van der Waals surface area contributed by atoms with Crippen molar-refractivity contribution in [2.75, 3.05) is 6.61 Å². The fraction of sp³-hybridized carbons (Fsp3) is 0.115. The maximum absolute atomic E-state index is 13.0. The summed E-state index contributed by atoms with van der Waals surface area (Å²) in [7, 11) is 0. The summed E-state index contributed by atoms with van der Waals surface area (Å²) in [6, 6.07) is 18.7. The molecule has 0 atom stereocenters. The Hall–Kier alpha value is -4.30. The zero-order valence-electron chi connectivity index (χ0n) is 18.9. The second kappa shape index (κ2) is 10.3. The minimum absolute atomic E-state index is 0.00236. The fourth-order valence-corrected chi connectivity index (χ4v) is 3.79. The molecule has 0 radical (unpaired) electrons. The summed E-state index contributed by atoms with van der Waals surface area (Å²) >= 11 is 6.53. The third-order valence-electron chi connectivity index (χ3n) is 5.19. The molecule has 178 valence electrons. The van der Waals surface area contributed by atoms with Crippen LogP contribution in [0.25, 0.3) is 18.3 Å². The number of aromatic nitrogens is 2. The number of nitro benzene ring substituents is 1. The van der Waals surface area contributed by atoms with Crippen molar-refractivity contribution in [2.24, 2.45) is 0 Å². The molecule has 35 heavy (non-hydrogen) atoms. The predicted octanol–water partition coefficient (Wildman–Crippen LogP) is 3.94. The van der Waals surface area contributed by atoms with Crippen molar-refractivity contribution in [3.63, 3.8) is 0 Å². The number of aromatic amines is 1. The van der Waals surface area contributed by atoms with Crippen molar-refractivity contribution < 1.29 is 14.4 Å². The highest BCUT2D eigenvalue weighted by atomic mass is 35.5. The Morgan fingerprint density at radius 2 is 1.83 bits per heavy atom. The summed E-state index contributed by atoms with van der Waals surface area (Å²) < 4.78 is 13.1. The molecule has 8 nitrogen and oxygen atoms in total. The van der Waals surface area contributed by atoms with E-state index in [1.54, 1.807) is 30.3 Å². The zero-order valence-corrected chi connectivity index (χ0v) is 19.6. The van der Waals surface area contributed by atoms with E-state index < -0.39 is 4.92 Å². The van der Waals surface area contributed by atoms with Crippen LogP contribution in [-0.2, 0) is 6.61 Å². The van der Waals surface area contributed by atoms with Gasteiger partial charge in [-0.1, -0.05) is 36.4 Å². The van der Waals surface area contributed by atoms with Crippen LogP contribution in [-0.4, -0.2) is 21.3 Å². The lowest BCUT2D eigenvalue weighted by Gasteiger charge is -2.14. The molecule has 0 spiro atoms. The van der Waals surface area contributed by atoms with Crippen LogP contribution in [0.4, 0.5) is 5.69 Å². The molecule has 0 saturated heterocycles. The van der Waals surface area contributed by atoms with E-state index in [2.05, 4.69) is 11.7 Å². The van der Waals surface area contributed by atoms with Crippen LogP contribution in [0.15, 0.2) is 71.5 Å². The van der Waals surface area contributed by atoms with Crippen molar-refractivity contribution in [3.8, 4) is 17.2 Å². The Kier molecular flexibility index (Phi) is 7.03. The second-order valence-corrected chi connectivity index (χ2v) is 8.01. The van der Waals surface area contributed by atoms with E-state index in [0.717, 1.165) is 5.56 Å².